The largest absolute Gasteiger partial charge is 0.285 e. The van der Waals surface area contributed by atoms with E-state index < -0.39 is 10.0 Å². The molecule has 5 heteroatoms. The van der Waals surface area contributed by atoms with Gasteiger partial charge in [-0.15, -0.1) is 0 Å². The van der Waals surface area contributed by atoms with E-state index >= 15 is 0 Å². The van der Waals surface area contributed by atoms with Crippen LogP contribution in [0.2, 0.25) is 0 Å². The highest BCUT2D eigenvalue weighted by molar-refractivity contribution is 7.92. The molecule has 0 aliphatic heterocycles. The lowest BCUT2D eigenvalue weighted by Crippen LogP contribution is -2.10. The Hall–Kier alpha value is -1.36. The van der Waals surface area contributed by atoms with Crippen LogP contribution in [0.1, 0.15) is 5.56 Å². The smallest absolute Gasteiger partial charge is 0.235 e. The number of para-hydroxylation sites is 1. The fourth-order valence-electron chi connectivity index (χ4n) is 0.861. The lowest BCUT2D eigenvalue weighted by molar-refractivity contribution is 0.563. The van der Waals surface area contributed by atoms with Crippen molar-refractivity contribution in [2.75, 3.05) is 11.0 Å². The highest BCUT2D eigenvalue weighted by Gasteiger charge is 2.05. The van der Waals surface area contributed by atoms with Gasteiger partial charge in [0.05, 0.1) is 17.5 Å². The zero-order chi connectivity index (χ0) is 9.90. The average Bonchev–Trinajstić information content (AvgIpc) is 2.02. The number of sulfonamides is 1. The van der Waals surface area contributed by atoms with Crippen molar-refractivity contribution < 1.29 is 13.2 Å². The van der Waals surface area contributed by atoms with Gasteiger partial charge in [0.25, 0.3) is 0 Å². The van der Waals surface area contributed by atoms with Crippen LogP contribution < -0.4 is 4.72 Å². The fraction of sp³-hybridized carbons (Fsp3) is 0.125. The molecule has 1 rings (SSSR count). The van der Waals surface area contributed by atoms with E-state index in [9.17, 15) is 13.2 Å². The molecule has 69 valence electrons. The first kappa shape index (κ1) is 9.73. The van der Waals surface area contributed by atoms with Gasteiger partial charge in [-0.25, -0.2) is 8.42 Å². The van der Waals surface area contributed by atoms with Crippen molar-refractivity contribution >= 4 is 22.0 Å². The Morgan fingerprint density at radius 1 is 1.31 bits per heavy atom. The first-order valence-corrected chi connectivity index (χ1v) is 5.37. The van der Waals surface area contributed by atoms with Crippen molar-refractivity contribution in [2.45, 2.75) is 0 Å². The van der Waals surface area contributed by atoms with E-state index in [4.69, 9.17) is 0 Å². The summed E-state index contributed by atoms with van der Waals surface area (Å²) in [6.45, 7) is 0. The van der Waals surface area contributed by atoms with Crippen molar-refractivity contribution in [1.82, 2.24) is 0 Å². The maximum Gasteiger partial charge on any atom is 0.235 e. The van der Waals surface area contributed by atoms with Gasteiger partial charge in [0.1, 0.15) is 0 Å². The molecule has 0 unspecified atom stereocenters. The molecule has 0 heterocycles. The summed E-state index contributed by atoms with van der Waals surface area (Å²) < 4.78 is 23.9. The number of rotatable bonds is 3. The van der Waals surface area contributed by atoms with Gasteiger partial charge in [-0.05, 0) is 12.1 Å². The van der Waals surface area contributed by atoms with Crippen LogP contribution in [0.15, 0.2) is 24.3 Å². The molecule has 1 aromatic rings. The second-order valence-electron chi connectivity index (χ2n) is 2.52. The van der Waals surface area contributed by atoms with Gasteiger partial charge in [0.15, 0.2) is 0 Å². The summed E-state index contributed by atoms with van der Waals surface area (Å²) in [5, 5.41) is 0. The Morgan fingerprint density at radius 3 is 2.46 bits per heavy atom. The zero-order valence-corrected chi connectivity index (χ0v) is 7.76. The Balaban J connectivity index is 3.08. The Bertz CT molecular complexity index is 411. The zero-order valence-electron chi connectivity index (χ0n) is 6.94. The fourth-order valence-corrected chi connectivity index (χ4v) is 1.44. The number of hydrogen-bond donors (Lipinski definition) is 1. The lowest BCUT2D eigenvalue weighted by Gasteiger charge is -2.04. The van der Waals surface area contributed by atoms with E-state index in [1.54, 1.807) is 18.4 Å². The minimum Gasteiger partial charge on any atom is -0.285 e. The summed E-state index contributed by atoms with van der Waals surface area (Å²) in [6, 6.07) is 6.25. The molecule has 0 saturated carbocycles. The van der Waals surface area contributed by atoms with Crippen LogP contribution in [-0.4, -0.2) is 21.0 Å². The van der Waals surface area contributed by atoms with Crippen LogP contribution in [0.25, 0.3) is 0 Å². The molecule has 13 heavy (non-hydrogen) atoms. The van der Waals surface area contributed by atoms with Gasteiger partial charge in [0, 0.05) is 0 Å². The molecule has 0 aliphatic carbocycles. The summed E-state index contributed by atoms with van der Waals surface area (Å²) in [6.07, 6.45) is 2.66. The monoisotopic (exact) mass is 198 g/mol. The Kier molecular flexibility index (Phi) is 2.67. The molecule has 0 saturated heterocycles. The van der Waals surface area contributed by atoms with E-state index in [0.29, 0.717) is 0 Å². The second-order valence-corrected chi connectivity index (χ2v) is 4.27. The standard InChI is InChI=1S/C8H8NO3S/c1-13(11,12)9-8-5-3-2-4-7(8)6-10/h2-5,9H,1H3. The normalized spacial score (nSPS) is 10.8. The van der Waals surface area contributed by atoms with Crippen molar-refractivity contribution in [1.29, 1.82) is 0 Å². The summed E-state index contributed by atoms with van der Waals surface area (Å²) in [5.41, 5.74) is 0.452. The maximum absolute atomic E-state index is 10.8. The van der Waals surface area contributed by atoms with Gasteiger partial charge in [-0.3, -0.25) is 9.52 Å². The van der Waals surface area contributed by atoms with E-state index in [2.05, 4.69) is 4.72 Å². The molecule has 0 spiro atoms. The van der Waals surface area contributed by atoms with Crippen LogP contribution in [0.4, 0.5) is 5.69 Å². The van der Waals surface area contributed by atoms with E-state index in [0.717, 1.165) is 6.26 Å². The van der Waals surface area contributed by atoms with Crippen molar-refractivity contribution in [2.24, 2.45) is 0 Å². The Labute approximate surface area is 76.6 Å². The molecular formula is C8H8NO3S. The quantitative estimate of drug-likeness (QED) is 0.770. The van der Waals surface area contributed by atoms with Crippen LogP contribution in [0, 0.1) is 0 Å². The van der Waals surface area contributed by atoms with Crippen molar-refractivity contribution in [3.05, 3.63) is 29.8 Å². The van der Waals surface area contributed by atoms with Crippen molar-refractivity contribution in [3.63, 3.8) is 0 Å². The van der Waals surface area contributed by atoms with Crippen LogP contribution in [0.5, 0.6) is 0 Å². The minimum absolute atomic E-state index is 0.202. The molecule has 0 aromatic heterocycles. The molecule has 0 bridgehead atoms. The van der Waals surface area contributed by atoms with Gasteiger partial charge < -0.3 is 0 Å². The minimum atomic E-state index is -3.34. The number of carbonyl (C=O) groups excluding carboxylic acids is 1. The SMILES string of the molecule is CS(=O)(=O)Nc1ccccc1[C]=O. The molecule has 1 aromatic carbocycles. The third kappa shape index (κ3) is 2.87. The molecular weight excluding hydrogens is 190 g/mol. The lowest BCUT2D eigenvalue weighted by atomic mass is 10.2. The van der Waals surface area contributed by atoms with Crippen LogP contribution >= 0.6 is 0 Å². The number of nitrogens with one attached hydrogen (secondary N) is 1. The van der Waals surface area contributed by atoms with Gasteiger partial charge in [-0.2, -0.15) is 0 Å². The first-order chi connectivity index (χ1) is 6.03. The highest BCUT2D eigenvalue weighted by Crippen LogP contribution is 2.13. The van der Waals surface area contributed by atoms with E-state index in [-0.39, 0.29) is 11.3 Å². The highest BCUT2D eigenvalue weighted by atomic mass is 32.2. The molecule has 1 radical (unpaired) electrons. The summed E-state index contributed by atoms with van der Waals surface area (Å²) in [4.78, 5) is 10.4. The summed E-state index contributed by atoms with van der Waals surface area (Å²) in [5.74, 6) is 0. The predicted molar refractivity (Wildman–Crippen MR) is 49.7 cm³/mol. The number of anilines is 1. The predicted octanol–water partition coefficient (Wildman–Crippen LogP) is 0.516. The summed E-state index contributed by atoms with van der Waals surface area (Å²) >= 11 is 0. The van der Waals surface area contributed by atoms with Crippen LogP contribution in [0.3, 0.4) is 0 Å². The van der Waals surface area contributed by atoms with Gasteiger partial charge in [0.2, 0.25) is 16.3 Å². The summed E-state index contributed by atoms with van der Waals surface area (Å²) in [7, 11) is -3.34. The van der Waals surface area contributed by atoms with Gasteiger partial charge >= 0.3 is 0 Å². The van der Waals surface area contributed by atoms with E-state index in [1.165, 1.54) is 12.1 Å². The van der Waals surface area contributed by atoms with Crippen molar-refractivity contribution in [3.8, 4) is 0 Å². The number of benzene rings is 1. The third-order valence-electron chi connectivity index (χ3n) is 1.33. The molecule has 0 fully saturated rings. The first-order valence-electron chi connectivity index (χ1n) is 3.48. The molecule has 0 aliphatic rings. The molecule has 1 N–H and O–H groups in total. The van der Waals surface area contributed by atoms with Gasteiger partial charge in [-0.1, -0.05) is 12.1 Å². The van der Waals surface area contributed by atoms with Crippen LogP contribution in [-0.2, 0) is 14.8 Å². The van der Waals surface area contributed by atoms with E-state index in [1.807, 2.05) is 0 Å². The topological polar surface area (TPSA) is 63.2 Å². The molecule has 0 atom stereocenters. The maximum atomic E-state index is 10.8. The molecule has 4 nitrogen and oxygen atoms in total. The average molecular weight is 198 g/mol. The number of hydrogen-bond acceptors (Lipinski definition) is 3. The third-order valence-corrected chi connectivity index (χ3v) is 1.92. The second kappa shape index (κ2) is 3.57. The Morgan fingerprint density at radius 2 is 1.92 bits per heavy atom. The molecule has 0 amide bonds.